The van der Waals surface area contributed by atoms with Crippen LogP contribution in [-0.4, -0.2) is 22.0 Å². The molecular formula is C14H20N2O2. The summed E-state index contributed by atoms with van der Waals surface area (Å²) in [5.74, 6) is 0.200. The van der Waals surface area contributed by atoms with Gasteiger partial charge in [-0.1, -0.05) is 19.3 Å². The summed E-state index contributed by atoms with van der Waals surface area (Å²) in [5.41, 5.74) is 0.111. The summed E-state index contributed by atoms with van der Waals surface area (Å²) in [7, 11) is 0. The van der Waals surface area contributed by atoms with E-state index in [1.807, 2.05) is 6.92 Å². The fourth-order valence-corrected chi connectivity index (χ4v) is 2.60. The molecule has 1 aliphatic carbocycles. The van der Waals surface area contributed by atoms with Crippen molar-refractivity contribution in [2.75, 3.05) is 0 Å². The molecule has 4 heteroatoms. The number of carbonyl (C=O) groups is 1. The molecule has 2 N–H and O–H groups in total. The Morgan fingerprint density at radius 3 is 2.83 bits per heavy atom. The standard InChI is InChI=1S/C14H20N2O2/c1-10(11-6-3-2-4-7-11)16-14(18)13-12(17)8-5-9-15-13/h5,8-11,17H,2-4,6-7H2,1H3,(H,16,18). The number of pyridine rings is 1. The van der Waals surface area contributed by atoms with Crippen molar-refractivity contribution >= 4 is 5.91 Å². The van der Waals surface area contributed by atoms with E-state index in [4.69, 9.17) is 0 Å². The van der Waals surface area contributed by atoms with Gasteiger partial charge in [-0.25, -0.2) is 4.98 Å². The number of nitrogens with one attached hydrogen (secondary N) is 1. The Morgan fingerprint density at radius 2 is 2.17 bits per heavy atom. The third-order valence-electron chi connectivity index (χ3n) is 3.72. The lowest BCUT2D eigenvalue weighted by molar-refractivity contribution is 0.0911. The molecule has 1 heterocycles. The second kappa shape index (κ2) is 5.85. The second-order valence-corrected chi connectivity index (χ2v) is 5.03. The molecule has 4 nitrogen and oxygen atoms in total. The molecule has 18 heavy (non-hydrogen) atoms. The molecular weight excluding hydrogens is 228 g/mol. The van der Waals surface area contributed by atoms with Crippen LogP contribution in [0.3, 0.4) is 0 Å². The van der Waals surface area contributed by atoms with E-state index >= 15 is 0 Å². The Balaban J connectivity index is 1.96. The Hall–Kier alpha value is -1.58. The van der Waals surface area contributed by atoms with Crippen LogP contribution in [0.15, 0.2) is 18.3 Å². The molecule has 1 fully saturated rings. The molecule has 1 aromatic heterocycles. The van der Waals surface area contributed by atoms with Crippen LogP contribution in [0.4, 0.5) is 0 Å². The Morgan fingerprint density at radius 1 is 1.44 bits per heavy atom. The van der Waals surface area contributed by atoms with Crippen LogP contribution in [0, 0.1) is 5.92 Å². The third kappa shape index (κ3) is 3.00. The van der Waals surface area contributed by atoms with Crippen LogP contribution < -0.4 is 5.32 Å². The number of nitrogens with zero attached hydrogens (tertiary/aromatic N) is 1. The lowest BCUT2D eigenvalue weighted by atomic mass is 9.84. The van der Waals surface area contributed by atoms with Gasteiger partial charge in [-0.2, -0.15) is 0 Å². The topological polar surface area (TPSA) is 62.2 Å². The molecule has 1 unspecified atom stereocenters. The predicted octanol–water partition coefficient (Wildman–Crippen LogP) is 2.49. The maximum atomic E-state index is 12.0. The summed E-state index contributed by atoms with van der Waals surface area (Å²) in [6.07, 6.45) is 7.67. The average Bonchev–Trinajstić information content (AvgIpc) is 2.40. The molecule has 0 spiro atoms. The molecule has 98 valence electrons. The first-order valence-electron chi connectivity index (χ1n) is 6.63. The van der Waals surface area contributed by atoms with Crippen molar-refractivity contribution in [3.05, 3.63) is 24.0 Å². The van der Waals surface area contributed by atoms with Gasteiger partial charge < -0.3 is 10.4 Å². The number of aromatic hydroxyl groups is 1. The van der Waals surface area contributed by atoms with Gasteiger partial charge in [-0.05, 0) is 37.8 Å². The van der Waals surface area contributed by atoms with E-state index in [0.717, 1.165) is 0 Å². The summed E-state index contributed by atoms with van der Waals surface area (Å²) in [6.45, 7) is 2.04. The van der Waals surface area contributed by atoms with E-state index in [1.165, 1.54) is 44.4 Å². The number of hydrogen-bond donors (Lipinski definition) is 2. The van der Waals surface area contributed by atoms with E-state index in [1.54, 1.807) is 6.07 Å². The quantitative estimate of drug-likeness (QED) is 0.863. The van der Waals surface area contributed by atoms with Crippen LogP contribution in [0.2, 0.25) is 0 Å². The fourth-order valence-electron chi connectivity index (χ4n) is 2.60. The monoisotopic (exact) mass is 248 g/mol. The molecule has 1 amide bonds. The first-order valence-corrected chi connectivity index (χ1v) is 6.63. The molecule has 0 radical (unpaired) electrons. The molecule has 2 rings (SSSR count). The average molecular weight is 248 g/mol. The van der Waals surface area contributed by atoms with Crippen molar-refractivity contribution in [3.8, 4) is 5.75 Å². The molecule has 0 aromatic carbocycles. The van der Waals surface area contributed by atoms with Crippen LogP contribution in [0.1, 0.15) is 49.5 Å². The maximum absolute atomic E-state index is 12.0. The van der Waals surface area contributed by atoms with Crippen LogP contribution >= 0.6 is 0 Å². The zero-order chi connectivity index (χ0) is 13.0. The van der Waals surface area contributed by atoms with Crippen molar-refractivity contribution in [1.29, 1.82) is 0 Å². The first-order chi connectivity index (χ1) is 8.68. The summed E-state index contributed by atoms with van der Waals surface area (Å²) in [4.78, 5) is 15.9. The smallest absolute Gasteiger partial charge is 0.273 e. The van der Waals surface area contributed by atoms with E-state index in [0.29, 0.717) is 5.92 Å². The fraction of sp³-hybridized carbons (Fsp3) is 0.571. The normalized spacial score (nSPS) is 18.3. The van der Waals surface area contributed by atoms with Crippen molar-refractivity contribution in [2.24, 2.45) is 5.92 Å². The molecule has 0 bridgehead atoms. The van der Waals surface area contributed by atoms with Gasteiger partial charge >= 0.3 is 0 Å². The van der Waals surface area contributed by atoms with E-state index in [9.17, 15) is 9.90 Å². The van der Waals surface area contributed by atoms with Gasteiger partial charge in [0.05, 0.1) is 0 Å². The van der Waals surface area contributed by atoms with E-state index < -0.39 is 0 Å². The van der Waals surface area contributed by atoms with Gasteiger partial charge in [-0.3, -0.25) is 4.79 Å². The molecule has 0 saturated heterocycles. The summed E-state index contributed by atoms with van der Waals surface area (Å²) in [5, 5.41) is 12.5. The van der Waals surface area contributed by atoms with E-state index in [2.05, 4.69) is 10.3 Å². The van der Waals surface area contributed by atoms with Crippen molar-refractivity contribution in [3.63, 3.8) is 0 Å². The van der Waals surface area contributed by atoms with Gasteiger partial charge in [0.2, 0.25) is 0 Å². The van der Waals surface area contributed by atoms with Gasteiger partial charge in [-0.15, -0.1) is 0 Å². The zero-order valence-corrected chi connectivity index (χ0v) is 10.7. The molecule has 1 atom stereocenters. The second-order valence-electron chi connectivity index (χ2n) is 5.03. The van der Waals surface area contributed by atoms with Crippen LogP contribution in [0.25, 0.3) is 0 Å². The highest BCUT2D eigenvalue weighted by atomic mass is 16.3. The molecule has 1 aliphatic rings. The van der Waals surface area contributed by atoms with Crippen molar-refractivity contribution < 1.29 is 9.90 Å². The van der Waals surface area contributed by atoms with Gasteiger partial charge in [0.1, 0.15) is 5.75 Å². The number of amides is 1. The van der Waals surface area contributed by atoms with Crippen LogP contribution in [-0.2, 0) is 0 Å². The molecule has 1 aromatic rings. The number of carbonyl (C=O) groups excluding carboxylic acids is 1. The number of hydrogen-bond acceptors (Lipinski definition) is 3. The minimum absolute atomic E-state index is 0.0640. The number of aromatic nitrogens is 1. The summed E-state index contributed by atoms with van der Waals surface area (Å²) in [6, 6.07) is 3.23. The summed E-state index contributed by atoms with van der Waals surface area (Å²) < 4.78 is 0. The minimum Gasteiger partial charge on any atom is -0.505 e. The highest BCUT2D eigenvalue weighted by Gasteiger charge is 2.23. The van der Waals surface area contributed by atoms with E-state index in [-0.39, 0.29) is 23.4 Å². The van der Waals surface area contributed by atoms with Crippen molar-refractivity contribution in [2.45, 2.75) is 45.1 Å². The SMILES string of the molecule is CC(NC(=O)c1ncccc1O)C1CCCCC1. The third-order valence-corrected chi connectivity index (χ3v) is 3.72. The highest BCUT2D eigenvalue weighted by Crippen LogP contribution is 2.26. The zero-order valence-electron chi connectivity index (χ0n) is 10.7. The largest absolute Gasteiger partial charge is 0.505 e. The Bertz CT molecular complexity index is 414. The summed E-state index contributed by atoms with van der Waals surface area (Å²) >= 11 is 0. The lowest BCUT2D eigenvalue weighted by Gasteiger charge is -2.28. The van der Waals surface area contributed by atoms with Gasteiger partial charge in [0.25, 0.3) is 5.91 Å². The maximum Gasteiger partial charge on any atom is 0.273 e. The van der Waals surface area contributed by atoms with Crippen LogP contribution in [0.5, 0.6) is 5.75 Å². The van der Waals surface area contributed by atoms with Crippen molar-refractivity contribution in [1.82, 2.24) is 10.3 Å². The minimum atomic E-state index is -0.286. The highest BCUT2D eigenvalue weighted by molar-refractivity contribution is 5.94. The Labute approximate surface area is 107 Å². The predicted molar refractivity (Wildman–Crippen MR) is 69.4 cm³/mol. The number of rotatable bonds is 3. The lowest BCUT2D eigenvalue weighted by Crippen LogP contribution is -2.39. The molecule has 1 saturated carbocycles. The Kier molecular flexibility index (Phi) is 4.18. The van der Waals surface area contributed by atoms with Gasteiger partial charge in [0, 0.05) is 12.2 Å². The first kappa shape index (κ1) is 12.9. The molecule has 0 aliphatic heterocycles. The van der Waals surface area contributed by atoms with Gasteiger partial charge in [0.15, 0.2) is 5.69 Å².